The molecule has 1 unspecified atom stereocenters. The summed E-state index contributed by atoms with van der Waals surface area (Å²) < 4.78 is 5.02. The van der Waals surface area contributed by atoms with Crippen molar-refractivity contribution < 1.29 is 14.6 Å². The highest BCUT2D eigenvalue weighted by atomic mass is 16.5. The minimum absolute atomic E-state index is 0.0727. The van der Waals surface area contributed by atoms with E-state index in [-0.39, 0.29) is 18.6 Å². The fourth-order valence-corrected chi connectivity index (χ4v) is 2.64. The molecular formula is C15H22N2O3. The van der Waals surface area contributed by atoms with Gasteiger partial charge in [-0.3, -0.25) is 0 Å². The summed E-state index contributed by atoms with van der Waals surface area (Å²) in [7, 11) is 0. The number of aliphatic hydroxyl groups is 1. The van der Waals surface area contributed by atoms with Gasteiger partial charge in [-0.25, -0.2) is 4.79 Å². The van der Waals surface area contributed by atoms with E-state index in [1.54, 1.807) is 25.1 Å². The van der Waals surface area contributed by atoms with Gasteiger partial charge in [0.2, 0.25) is 0 Å². The van der Waals surface area contributed by atoms with Crippen LogP contribution >= 0.6 is 0 Å². The highest BCUT2D eigenvalue weighted by molar-refractivity contribution is 5.92. The average Bonchev–Trinajstić information content (AvgIpc) is 2.48. The van der Waals surface area contributed by atoms with Gasteiger partial charge in [0.15, 0.2) is 0 Å². The minimum atomic E-state index is -0.341. The molecule has 1 aliphatic heterocycles. The number of hydrogen-bond donors (Lipinski definition) is 2. The molecule has 0 radical (unpaired) electrons. The van der Waals surface area contributed by atoms with Crippen LogP contribution in [0.4, 0.5) is 11.4 Å². The molecule has 0 aromatic heterocycles. The van der Waals surface area contributed by atoms with Gasteiger partial charge in [0.1, 0.15) is 0 Å². The van der Waals surface area contributed by atoms with Gasteiger partial charge in [-0.05, 0) is 44.4 Å². The number of anilines is 2. The summed E-state index contributed by atoms with van der Waals surface area (Å²) in [6, 6.07) is 5.24. The van der Waals surface area contributed by atoms with Crippen molar-refractivity contribution in [2.75, 3.05) is 30.4 Å². The molecule has 1 saturated heterocycles. The SMILES string of the molecule is CCOC(=O)c1ccc(N)c(N2CCCCC2CO)c1. The van der Waals surface area contributed by atoms with Crippen LogP contribution in [0.25, 0.3) is 0 Å². The second-order valence-corrected chi connectivity index (χ2v) is 5.02. The van der Waals surface area contributed by atoms with Crippen LogP contribution in [0.15, 0.2) is 18.2 Å². The van der Waals surface area contributed by atoms with Crippen LogP contribution in [0.5, 0.6) is 0 Å². The van der Waals surface area contributed by atoms with Crippen LogP contribution in [-0.2, 0) is 4.74 Å². The number of nitrogens with two attached hydrogens (primary N) is 1. The van der Waals surface area contributed by atoms with Crippen molar-refractivity contribution in [1.82, 2.24) is 0 Å². The van der Waals surface area contributed by atoms with Gasteiger partial charge in [0.25, 0.3) is 0 Å². The largest absolute Gasteiger partial charge is 0.462 e. The molecule has 0 aliphatic carbocycles. The third-order valence-corrected chi connectivity index (χ3v) is 3.69. The van der Waals surface area contributed by atoms with Crippen molar-refractivity contribution in [3.63, 3.8) is 0 Å². The standard InChI is InChI=1S/C15H22N2O3/c1-2-20-15(19)11-6-7-13(16)14(9-11)17-8-4-3-5-12(17)10-18/h6-7,9,12,18H,2-5,8,10,16H2,1H3. The van der Waals surface area contributed by atoms with Crippen molar-refractivity contribution in [2.24, 2.45) is 0 Å². The second kappa shape index (κ2) is 6.61. The summed E-state index contributed by atoms with van der Waals surface area (Å²) in [6.07, 6.45) is 3.12. The first-order valence-corrected chi connectivity index (χ1v) is 7.11. The fraction of sp³-hybridized carbons (Fsp3) is 0.533. The lowest BCUT2D eigenvalue weighted by Gasteiger charge is -2.37. The zero-order valence-electron chi connectivity index (χ0n) is 11.8. The molecule has 0 amide bonds. The molecule has 110 valence electrons. The normalized spacial score (nSPS) is 18.9. The number of benzene rings is 1. The van der Waals surface area contributed by atoms with E-state index in [1.165, 1.54) is 0 Å². The van der Waals surface area contributed by atoms with E-state index in [0.717, 1.165) is 31.5 Å². The number of nitrogens with zero attached hydrogens (tertiary/aromatic N) is 1. The molecule has 1 aliphatic rings. The van der Waals surface area contributed by atoms with Crippen LogP contribution in [0, 0.1) is 0 Å². The van der Waals surface area contributed by atoms with Crippen LogP contribution in [0.1, 0.15) is 36.5 Å². The maximum atomic E-state index is 11.8. The number of nitrogen functional groups attached to an aromatic ring is 1. The Labute approximate surface area is 119 Å². The van der Waals surface area contributed by atoms with E-state index in [2.05, 4.69) is 4.90 Å². The lowest BCUT2D eigenvalue weighted by atomic mass is 10.0. The van der Waals surface area contributed by atoms with Gasteiger partial charge >= 0.3 is 5.97 Å². The quantitative estimate of drug-likeness (QED) is 0.649. The second-order valence-electron chi connectivity index (χ2n) is 5.02. The van der Waals surface area contributed by atoms with E-state index < -0.39 is 0 Å². The van der Waals surface area contributed by atoms with E-state index >= 15 is 0 Å². The smallest absolute Gasteiger partial charge is 0.338 e. The molecule has 1 heterocycles. The van der Waals surface area contributed by atoms with E-state index in [0.29, 0.717) is 17.9 Å². The first kappa shape index (κ1) is 14.7. The number of piperidine rings is 1. The molecule has 5 nitrogen and oxygen atoms in total. The Bertz CT molecular complexity index is 476. The van der Waals surface area contributed by atoms with Gasteiger partial charge in [-0.15, -0.1) is 0 Å². The number of rotatable bonds is 4. The topological polar surface area (TPSA) is 75.8 Å². The highest BCUT2D eigenvalue weighted by Gasteiger charge is 2.24. The van der Waals surface area contributed by atoms with Gasteiger partial charge < -0.3 is 20.5 Å². The first-order valence-electron chi connectivity index (χ1n) is 7.11. The molecular weight excluding hydrogens is 256 g/mol. The van der Waals surface area contributed by atoms with Gasteiger partial charge in [-0.2, -0.15) is 0 Å². The summed E-state index contributed by atoms with van der Waals surface area (Å²) in [5.41, 5.74) is 7.97. The van der Waals surface area contributed by atoms with E-state index in [9.17, 15) is 9.90 Å². The number of aliphatic hydroxyl groups excluding tert-OH is 1. The predicted octanol–water partition coefficient (Wildman–Crippen LogP) is 1.80. The maximum Gasteiger partial charge on any atom is 0.338 e. The minimum Gasteiger partial charge on any atom is -0.462 e. The van der Waals surface area contributed by atoms with E-state index in [1.807, 2.05) is 0 Å². The summed E-state index contributed by atoms with van der Waals surface area (Å²) in [4.78, 5) is 13.9. The summed E-state index contributed by atoms with van der Waals surface area (Å²) in [6.45, 7) is 3.08. The van der Waals surface area contributed by atoms with Crippen LogP contribution in [0.2, 0.25) is 0 Å². The monoisotopic (exact) mass is 278 g/mol. The number of ether oxygens (including phenoxy) is 1. The zero-order valence-corrected chi connectivity index (χ0v) is 11.8. The lowest BCUT2D eigenvalue weighted by Crippen LogP contribution is -2.42. The summed E-state index contributed by atoms with van der Waals surface area (Å²) in [5.74, 6) is -0.341. The molecule has 1 atom stereocenters. The van der Waals surface area contributed by atoms with Crippen molar-refractivity contribution in [2.45, 2.75) is 32.2 Å². The Balaban J connectivity index is 2.29. The number of carbonyl (C=O) groups is 1. The molecule has 3 N–H and O–H groups in total. The van der Waals surface area contributed by atoms with Gasteiger partial charge in [0.05, 0.1) is 36.2 Å². The Hall–Kier alpha value is -1.75. The van der Waals surface area contributed by atoms with Crippen molar-refractivity contribution in [1.29, 1.82) is 0 Å². The molecule has 0 bridgehead atoms. The molecule has 1 fully saturated rings. The zero-order chi connectivity index (χ0) is 14.5. The summed E-state index contributed by atoms with van der Waals surface area (Å²) >= 11 is 0. The molecule has 1 aromatic rings. The van der Waals surface area contributed by atoms with Crippen molar-refractivity contribution >= 4 is 17.3 Å². The van der Waals surface area contributed by atoms with Crippen molar-refractivity contribution in [3.05, 3.63) is 23.8 Å². The van der Waals surface area contributed by atoms with Gasteiger partial charge in [-0.1, -0.05) is 0 Å². The molecule has 20 heavy (non-hydrogen) atoms. The number of carbonyl (C=O) groups excluding carboxylic acids is 1. The highest BCUT2D eigenvalue weighted by Crippen LogP contribution is 2.30. The van der Waals surface area contributed by atoms with Crippen molar-refractivity contribution in [3.8, 4) is 0 Å². The third kappa shape index (κ3) is 3.04. The lowest BCUT2D eigenvalue weighted by molar-refractivity contribution is 0.0526. The average molecular weight is 278 g/mol. The molecule has 1 aromatic carbocycles. The van der Waals surface area contributed by atoms with Crippen LogP contribution < -0.4 is 10.6 Å². The molecule has 5 heteroatoms. The Morgan fingerprint density at radius 1 is 1.50 bits per heavy atom. The summed E-state index contributed by atoms with van der Waals surface area (Å²) in [5, 5.41) is 9.50. The number of esters is 1. The Morgan fingerprint density at radius 2 is 2.30 bits per heavy atom. The predicted molar refractivity (Wildman–Crippen MR) is 78.9 cm³/mol. The fourth-order valence-electron chi connectivity index (χ4n) is 2.64. The first-order chi connectivity index (χ1) is 9.67. The molecule has 2 rings (SSSR count). The van der Waals surface area contributed by atoms with Gasteiger partial charge in [0, 0.05) is 6.54 Å². The van der Waals surface area contributed by atoms with E-state index in [4.69, 9.17) is 10.5 Å². The molecule has 0 saturated carbocycles. The third-order valence-electron chi connectivity index (χ3n) is 3.69. The van der Waals surface area contributed by atoms with Crippen LogP contribution in [0.3, 0.4) is 0 Å². The Kier molecular flexibility index (Phi) is 4.84. The number of hydrogen-bond acceptors (Lipinski definition) is 5. The molecule has 0 spiro atoms. The maximum absolute atomic E-state index is 11.8. The Morgan fingerprint density at radius 3 is 3.00 bits per heavy atom. The van der Waals surface area contributed by atoms with Crippen LogP contribution in [-0.4, -0.2) is 36.9 Å².